The number of carbonyl (C=O) groups excluding carboxylic acids is 1. The van der Waals surface area contributed by atoms with Crippen molar-refractivity contribution < 1.29 is 20.1 Å². The zero-order valence-electron chi connectivity index (χ0n) is 45.4. The Bertz CT molecular complexity index is 898. The lowest BCUT2D eigenvalue weighted by atomic mass is 10.0. The Morgan fingerprint density at radius 2 is 0.485 bits per heavy atom. The highest BCUT2D eigenvalue weighted by Gasteiger charge is 2.23. The summed E-state index contributed by atoms with van der Waals surface area (Å²) in [6, 6.07) is -0.708. The fourth-order valence-electron chi connectivity index (χ4n) is 10.2. The van der Waals surface area contributed by atoms with Gasteiger partial charge in [0.1, 0.15) is 6.10 Å². The predicted molar refractivity (Wildman–Crippen MR) is 292 cm³/mol. The van der Waals surface area contributed by atoms with E-state index in [9.17, 15) is 20.1 Å². The molecule has 0 aliphatic heterocycles. The third-order valence-corrected chi connectivity index (χ3v) is 15.0. The number of aliphatic hydroxyl groups is 3. The van der Waals surface area contributed by atoms with Gasteiger partial charge >= 0.3 is 0 Å². The molecule has 0 bridgehead atoms. The van der Waals surface area contributed by atoms with Crippen LogP contribution in [-0.4, -0.2) is 46.1 Å². The third-order valence-electron chi connectivity index (χ3n) is 15.0. The van der Waals surface area contributed by atoms with Crippen LogP contribution in [0.4, 0.5) is 0 Å². The lowest BCUT2D eigenvalue weighted by Crippen LogP contribution is -2.49. The van der Waals surface area contributed by atoms with Gasteiger partial charge in [0, 0.05) is 0 Å². The topological polar surface area (TPSA) is 89.8 Å². The van der Waals surface area contributed by atoms with Crippen molar-refractivity contribution in [3.63, 3.8) is 0 Å². The molecule has 1 amide bonds. The average Bonchev–Trinajstić information content (AvgIpc) is 3.32. The van der Waals surface area contributed by atoms with E-state index in [0.717, 1.165) is 32.1 Å². The number of hydrogen-bond donors (Lipinski definition) is 4. The highest BCUT2D eigenvalue weighted by molar-refractivity contribution is 5.80. The molecule has 0 aliphatic carbocycles. The maximum Gasteiger partial charge on any atom is 0.249 e. The van der Waals surface area contributed by atoms with E-state index in [2.05, 4.69) is 19.2 Å². The predicted octanol–water partition coefficient (Wildman–Crippen LogP) is 19.3. The molecule has 0 aromatic heterocycles. The molecule has 0 spiro atoms. The SMILES string of the molecule is CCCCCCCCCCCCCCCCCCCCCCCCCCCCCCCCC(O)C(=O)NC(CO)C(O)CCCCCCCCCCCCCCCCCCCCCCCC. The summed E-state index contributed by atoms with van der Waals surface area (Å²) in [5, 5.41) is 33.6. The van der Waals surface area contributed by atoms with Crippen LogP contribution < -0.4 is 5.32 Å². The molecule has 3 atom stereocenters. The molecule has 0 saturated carbocycles. The van der Waals surface area contributed by atoms with Crippen molar-refractivity contribution in [3.05, 3.63) is 0 Å². The van der Waals surface area contributed by atoms with Crippen LogP contribution >= 0.6 is 0 Å². The Morgan fingerprint density at radius 1 is 0.303 bits per heavy atom. The second-order valence-electron chi connectivity index (χ2n) is 21.6. The fourth-order valence-corrected chi connectivity index (χ4v) is 10.2. The van der Waals surface area contributed by atoms with E-state index in [4.69, 9.17) is 0 Å². The van der Waals surface area contributed by atoms with Crippen molar-refractivity contribution in [2.75, 3.05) is 6.61 Å². The summed E-state index contributed by atoms with van der Waals surface area (Å²) >= 11 is 0. The summed E-state index contributed by atoms with van der Waals surface area (Å²) in [4.78, 5) is 12.6. The van der Waals surface area contributed by atoms with Crippen molar-refractivity contribution in [1.82, 2.24) is 5.32 Å². The summed E-state index contributed by atoms with van der Waals surface area (Å²) in [5.74, 6) is -0.461. The summed E-state index contributed by atoms with van der Waals surface area (Å²) in [6.07, 6.45) is 70.3. The highest BCUT2D eigenvalue weighted by Crippen LogP contribution is 2.19. The highest BCUT2D eigenvalue weighted by atomic mass is 16.3. The Balaban J connectivity index is 3.45. The molecule has 0 aromatic rings. The van der Waals surface area contributed by atoms with Crippen molar-refractivity contribution in [1.29, 1.82) is 0 Å². The number of amides is 1. The van der Waals surface area contributed by atoms with Gasteiger partial charge in [-0.3, -0.25) is 4.79 Å². The second-order valence-corrected chi connectivity index (χ2v) is 21.6. The second kappa shape index (κ2) is 56.9. The van der Waals surface area contributed by atoms with E-state index < -0.39 is 24.2 Å². The first-order chi connectivity index (χ1) is 32.6. The van der Waals surface area contributed by atoms with Gasteiger partial charge in [-0.25, -0.2) is 0 Å². The zero-order valence-corrected chi connectivity index (χ0v) is 45.4. The van der Waals surface area contributed by atoms with E-state index in [0.29, 0.717) is 12.8 Å². The van der Waals surface area contributed by atoms with Gasteiger partial charge in [-0.2, -0.15) is 0 Å². The summed E-state index contributed by atoms with van der Waals surface area (Å²) in [7, 11) is 0. The molecular weight excluding hydrogens is 811 g/mol. The molecule has 3 unspecified atom stereocenters. The Morgan fingerprint density at radius 3 is 0.682 bits per heavy atom. The number of nitrogens with one attached hydrogen (secondary N) is 1. The normalized spacial score (nSPS) is 13.1. The van der Waals surface area contributed by atoms with Crippen LogP contribution in [0.1, 0.15) is 361 Å². The van der Waals surface area contributed by atoms with Gasteiger partial charge in [-0.15, -0.1) is 0 Å². The van der Waals surface area contributed by atoms with Crippen LogP contribution in [0.5, 0.6) is 0 Å². The molecule has 396 valence electrons. The first-order valence-electron chi connectivity index (χ1n) is 30.8. The quantitative estimate of drug-likeness (QED) is 0.0458. The van der Waals surface area contributed by atoms with Crippen LogP contribution in [-0.2, 0) is 4.79 Å². The summed E-state index contributed by atoms with van der Waals surface area (Å²) in [6.45, 7) is 4.29. The van der Waals surface area contributed by atoms with Gasteiger partial charge in [0.2, 0.25) is 5.91 Å². The molecule has 4 N–H and O–H groups in total. The number of aliphatic hydroxyl groups excluding tert-OH is 3. The summed E-state index contributed by atoms with van der Waals surface area (Å²) < 4.78 is 0. The maximum atomic E-state index is 12.6. The molecule has 0 heterocycles. The largest absolute Gasteiger partial charge is 0.394 e. The van der Waals surface area contributed by atoms with Crippen LogP contribution in [0.3, 0.4) is 0 Å². The van der Waals surface area contributed by atoms with Crippen LogP contribution in [0.25, 0.3) is 0 Å². The molecule has 0 radical (unpaired) electrons. The zero-order chi connectivity index (χ0) is 47.9. The van der Waals surface area contributed by atoms with Crippen LogP contribution in [0.2, 0.25) is 0 Å². The molecule has 0 aliphatic rings. The Kier molecular flexibility index (Phi) is 56.4. The Hall–Kier alpha value is -0.650. The first kappa shape index (κ1) is 65.3. The Labute approximate surface area is 415 Å². The minimum absolute atomic E-state index is 0.307. The van der Waals surface area contributed by atoms with Crippen LogP contribution in [0, 0.1) is 0 Å². The van der Waals surface area contributed by atoms with Gasteiger partial charge in [0.15, 0.2) is 0 Å². The van der Waals surface area contributed by atoms with Gasteiger partial charge in [-0.05, 0) is 12.8 Å². The average molecular weight is 935 g/mol. The lowest BCUT2D eigenvalue weighted by Gasteiger charge is -2.23. The molecule has 0 saturated heterocycles. The monoisotopic (exact) mass is 934 g/mol. The van der Waals surface area contributed by atoms with E-state index in [1.54, 1.807) is 0 Å². The minimum Gasteiger partial charge on any atom is -0.394 e. The van der Waals surface area contributed by atoms with Crippen molar-refractivity contribution in [3.8, 4) is 0 Å². The van der Waals surface area contributed by atoms with E-state index in [1.807, 2.05) is 0 Å². The minimum atomic E-state index is -1.07. The van der Waals surface area contributed by atoms with Crippen molar-refractivity contribution in [2.45, 2.75) is 379 Å². The standard InChI is InChI=1S/C61H123NO4/c1-3-5-7-9-11-13-15-17-19-21-23-25-27-28-29-30-31-32-33-34-36-38-40-42-44-46-48-50-52-54-56-60(65)61(66)62-58(57-63)59(64)55-53-51-49-47-45-43-41-39-37-35-26-24-22-20-18-16-14-12-10-8-6-4-2/h58-60,63-65H,3-57H2,1-2H3,(H,62,66). The van der Waals surface area contributed by atoms with Gasteiger partial charge in [0.05, 0.1) is 18.8 Å². The molecule has 0 aromatic carbocycles. The van der Waals surface area contributed by atoms with Gasteiger partial charge < -0.3 is 20.6 Å². The number of hydrogen-bond acceptors (Lipinski definition) is 4. The maximum absolute atomic E-state index is 12.6. The van der Waals surface area contributed by atoms with E-state index in [-0.39, 0.29) is 6.61 Å². The molecule has 0 fully saturated rings. The number of rotatable bonds is 58. The van der Waals surface area contributed by atoms with Crippen molar-refractivity contribution >= 4 is 5.91 Å². The number of unbranched alkanes of at least 4 members (excludes halogenated alkanes) is 50. The molecule has 66 heavy (non-hydrogen) atoms. The molecular formula is C61H123NO4. The molecule has 5 heteroatoms. The van der Waals surface area contributed by atoms with E-state index >= 15 is 0 Å². The molecule has 5 nitrogen and oxygen atoms in total. The van der Waals surface area contributed by atoms with Crippen LogP contribution in [0.15, 0.2) is 0 Å². The summed E-state index contributed by atoms with van der Waals surface area (Å²) in [5.41, 5.74) is 0. The third kappa shape index (κ3) is 51.2. The van der Waals surface area contributed by atoms with E-state index in [1.165, 1.54) is 302 Å². The van der Waals surface area contributed by atoms with Gasteiger partial charge in [-0.1, -0.05) is 348 Å². The fraction of sp³-hybridized carbons (Fsp3) is 0.984. The molecule has 0 rings (SSSR count). The lowest BCUT2D eigenvalue weighted by molar-refractivity contribution is -0.131. The number of carbonyl (C=O) groups is 1. The first-order valence-corrected chi connectivity index (χ1v) is 30.8. The van der Waals surface area contributed by atoms with Gasteiger partial charge in [0.25, 0.3) is 0 Å². The smallest absolute Gasteiger partial charge is 0.249 e. The van der Waals surface area contributed by atoms with Crippen molar-refractivity contribution in [2.24, 2.45) is 0 Å².